The van der Waals surface area contributed by atoms with E-state index >= 15 is 0 Å². The van der Waals surface area contributed by atoms with Crippen molar-refractivity contribution in [1.82, 2.24) is 10.6 Å². The molecule has 0 radical (unpaired) electrons. The molecular weight excluding hydrogens is 410 g/mol. The molecule has 3 aromatic carbocycles. The summed E-state index contributed by atoms with van der Waals surface area (Å²) in [7, 11) is 0. The molecule has 5 nitrogen and oxygen atoms in total. The standard InChI is InChI=1S/C28H33N3O2/c1-28(2,3)33-27(32)31-24(18-20-12-6-4-7-13-20)25-19-29-26(21-14-8-5-9-15-21)22-16-10-11-17-23(22)30-25/h4-17,24-26,29-30H,18-19H2,1-3H3,(H,31,32)/t24-,25-,26-/m0/s1. The van der Waals surface area contributed by atoms with Crippen LogP contribution < -0.4 is 16.0 Å². The van der Waals surface area contributed by atoms with E-state index in [0.717, 1.165) is 11.3 Å². The van der Waals surface area contributed by atoms with Gasteiger partial charge in [-0.1, -0.05) is 78.9 Å². The molecule has 0 fully saturated rings. The third-order valence-corrected chi connectivity index (χ3v) is 5.77. The van der Waals surface area contributed by atoms with Gasteiger partial charge in [0.15, 0.2) is 0 Å². The van der Waals surface area contributed by atoms with E-state index in [1.54, 1.807) is 0 Å². The lowest BCUT2D eigenvalue weighted by molar-refractivity contribution is 0.0498. The van der Waals surface area contributed by atoms with Gasteiger partial charge in [0.05, 0.1) is 18.1 Å². The first-order valence-electron chi connectivity index (χ1n) is 11.6. The van der Waals surface area contributed by atoms with E-state index in [9.17, 15) is 4.79 Å². The summed E-state index contributed by atoms with van der Waals surface area (Å²) < 4.78 is 5.59. The molecule has 0 spiro atoms. The van der Waals surface area contributed by atoms with E-state index in [2.05, 4.69) is 70.5 Å². The lowest BCUT2D eigenvalue weighted by Gasteiger charge is -2.30. The number of amides is 1. The molecule has 0 bridgehead atoms. The van der Waals surface area contributed by atoms with Crippen LogP contribution in [0, 0.1) is 0 Å². The Kier molecular flexibility index (Phi) is 6.99. The van der Waals surface area contributed by atoms with Gasteiger partial charge in [0, 0.05) is 12.2 Å². The molecule has 1 aliphatic rings. The number of alkyl carbamates (subject to hydrolysis) is 1. The number of benzene rings is 3. The summed E-state index contributed by atoms with van der Waals surface area (Å²) in [5.41, 5.74) is 4.10. The van der Waals surface area contributed by atoms with Crippen LogP contribution in [-0.4, -0.2) is 30.3 Å². The van der Waals surface area contributed by atoms with Crippen molar-refractivity contribution in [2.45, 2.75) is 50.9 Å². The first-order valence-corrected chi connectivity index (χ1v) is 11.6. The molecule has 0 saturated carbocycles. The van der Waals surface area contributed by atoms with Gasteiger partial charge in [0.2, 0.25) is 0 Å². The minimum atomic E-state index is -0.554. The fourth-order valence-corrected chi connectivity index (χ4v) is 4.29. The second-order valence-electron chi connectivity index (χ2n) is 9.53. The monoisotopic (exact) mass is 443 g/mol. The smallest absolute Gasteiger partial charge is 0.407 e. The van der Waals surface area contributed by atoms with Crippen molar-refractivity contribution < 1.29 is 9.53 Å². The van der Waals surface area contributed by atoms with Crippen LogP contribution in [0.1, 0.15) is 43.5 Å². The Hall–Kier alpha value is -3.31. The van der Waals surface area contributed by atoms with E-state index in [-0.39, 0.29) is 18.1 Å². The van der Waals surface area contributed by atoms with Crippen molar-refractivity contribution >= 4 is 11.8 Å². The Morgan fingerprint density at radius 1 is 0.970 bits per heavy atom. The summed E-state index contributed by atoms with van der Waals surface area (Å²) in [6.07, 6.45) is 0.291. The molecule has 3 N–H and O–H groups in total. The van der Waals surface area contributed by atoms with Gasteiger partial charge in [0.1, 0.15) is 5.60 Å². The molecule has 1 aliphatic heterocycles. The van der Waals surface area contributed by atoms with Crippen LogP contribution in [0.15, 0.2) is 84.9 Å². The van der Waals surface area contributed by atoms with E-state index < -0.39 is 11.7 Å². The van der Waals surface area contributed by atoms with Gasteiger partial charge in [-0.25, -0.2) is 4.79 Å². The third kappa shape index (κ3) is 6.14. The van der Waals surface area contributed by atoms with Crippen molar-refractivity contribution in [3.05, 3.63) is 102 Å². The molecule has 0 saturated heterocycles. The normalized spacial score (nSPS) is 18.9. The summed E-state index contributed by atoms with van der Waals surface area (Å²) in [5, 5.41) is 10.6. The maximum absolute atomic E-state index is 12.7. The maximum Gasteiger partial charge on any atom is 0.407 e. The number of hydrogen-bond donors (Lipinski definition) is 3. The Balaban J connectivity index is 1.62. The fourth-order valence-electron chi connectivity index (χ4n) is 4.29. The zero-order valence-corrected chi connectivity index (χ0v) is 19.5. The largest absolute Gasteiger partial charge is 0.444 e. The topological polar surface area (TPSA) is 62.4 Å². The third-order valence-electron chi connectivity index (χ3n) is 5.77. The van der Waals surface area contributed by atoms with E-state index in [0.29, 0.717) is 13.0 Å². The molecule has 4 rings (SSSR count). The number of fused-ring (bicyclic) bond motifs is 1. The molecule has 33 heavy (non-hydrogen) atoms. The summed E-state index contributed by atoms with van der Waals surface area (Å²) in [6, 6.07) is 29.0. The highest BCUT2D eigenvalue weighted by molar-refractivity contribution is 5.68. The molecule has 0 aliphatic carbocycles. The average molecular weight is 444 g/mol. The minimum absolute atomic E-state index is 0.0346. The summed E-state index contributed by atoms with van der Waals surface area (Å²) in [6.45, 7) is 6.32. The van der Waals surface area contributed by atoms with E-state index in [1.165, 1.54) is 11.1 Å². The lowest BCUT2D eigenvalue weighted by Crippen LogP contribution is -2.52. The molecule has 5 heteroatoms. The van der Waals surface area contributed by atoms with Crippen LogP contribution in [0.3, 0.4) is 0 Å². The second kappa shape index (κ2) is 10.1. The maximum atomic E-state index is 12.7. The fraction of sp³-hybridized carbons (Fsp3) is 0.321. The quantitative estimate of drug-likeness (QED) is 0.501. The number of hydrogen-bond acceptors (Lipinski definition) is 4. The molecular formula is C28H33N3O2. The minimum Gasteiger partial charge on any atom is -0.444 e. The highest BCUT2D eigenvalue weighted by Crippen LogP contribution is 2.31. The zero-order valence-electron chi connectivity index (χ0n) is 19.5. The highest BCUT2D eigenvalue weighted by Gasteiger charge is 2.31. The number of anilines is 1. The van der Waals surface area contributed by atoms with E-state index in [4.69, 9.17) is 4.74 Å². The van der Waals surface area contributed by atoms with Crippen LogP contribution in [0.5, 0.6) is 0 Å². The molecule has 1 amide bonds. The number of rotatable bonds is 5. The van der Waals surface area contributed by atoms with Gasteiger partial charge in [-0.15, -0.1) is 0 Å². The van der Waals surface area contributed by atoms with Crippen LogP contribution >= 0.6 is 0 Å². The van der Waals surface area contributed by atoms with Gasteiger partial charge in [-0.2, -0.15) is 0 Å². The highest BCUT2D eigenvalue weighted by atomic mass is 16.6. The van der Waals surface area contributed by atoms with Gasteiger partial charge >= 0.3 is 6.09 Å². The number of para-hydroxylation sites is 1. The van der Waals surface area contributed by atoms with Crippen LogP contribution in [0.25, 0.3) is 0 Å². The van der Waals surface area contributed by atoms with Gasteiger partial charge < -0.3 is 20.7 Å². The van der Waals surface area contributed by atoms with E-state index in [1.807, 2.05) is 51.1 Å². The van der Waals surface area contributed by atoms with Gasteiger partial charge in [0.25, 0.3) is 0 Å². The van der Waals surface area contributed by atoms with Crippen molar-refractivity contribution in [3.8, 4) is 0 Å². The molecule has 0 aromatic heterocycles. The lowest BCUT2D eigenvalue weighted by atomic mass is 9.97. The Morgan fingerprint density at radius 2 is 1.61 bits per heavy atom. The predicted molar refractivity (Wildman–Crippen MR) is 133 cm³/mol. The molecule has 1 heterocycles. The van der Waals surface area contributed by atoms with Gasteiger partial charge in [-0.05, 0) is 49.9 Å². The Morgan fingerprint density at radius 3 is 2.30 bits per heavy atom. The van der Waals surface area contributed by atoms with Gasteiger partial charge in [-0.3, -0.25) is 0 Å². The Labute approximate surface area is 196 Å². The molecule has 3 aromatic rings. The van der Waals surface area contributed by atoms with Crippen LogP contribution in [0.4, 0.5) is 10.5 Å². The number of ether oxygens (including phenoxy) is 1. The number of carbonyl (C=O) groups excluding carboxylic acids is 1. The zero-order chi connectivity index (χ0) is 23.3. The van der Waals surface area contributed by atoms with Crippen LogP contribution in [-0.2, 0) is 11.2 Å². The Bertz CT molecular complexity index is 1050. The molecule has 3 atom stereocenters. The van der Waals surface area contributed by atoms with Crippen LogP contribution in [0.2, 0.25) is 0 Å². The first-order chi connectivity index (χ1) is 15.9. The average Bonchev–Trinajstić information content (AvgIpc) is 2.98. The van der Waals surface area contributed by atoms with Crippen molar-refractivity contribution in [2.75, 3.05) is 11.9 Å². The van der Waals surface area contributed by atoms with Crippen molar-refractivity contribution in [2.24, 2.45) is 0 Å². The molecule has 0 unspecified atom stereocenters. The summed E-state index contributed by atoms with van der Waals surface area (Å²) in [4.78, 5) is 12.7. The first kappa shape index (κ1) is 22.9. The summed E-state index contributed by atoms with van der Waals surface area (Å²) >= 11 is 0. The number of nitrogens with one attached hydrogen (secondary N) is 3. The summed E-state index contributed by atoms with van der Waals surface area (Å²) in [5.74, 6) is 0. The SMILES string of the molecule is CC(C)(C)OC(=O)N[C@@H](Cc1ccccc1)[C@@H]1CN[C@@H](c2ccccc2)c2ccccc2N1. The molecule has 172 valence electrons. The van der Waals surface area contributed by atoms with Crippen molar-refractivity contribution in [1.29, 1.82) is 0 Å². The van der Waals surface area contributed by atoms with Crippen molar-refractivity contribution in [3.63, 3.8) is 0 Å². The second-order valence-corrected chi connectivity index (χ2v) is 9.53. The number of carbonyl (C=O) groups is 1. The predicted octanol–water partition coefficient (Wildman–Crippen LogP) is 5.30.